The zero-order valence-corrected chi connectivity index (χ0v) is 14.9. The number of rotatable bonds is 4. The minimum Gasteiger partial charge on any atom is -0.490 e. The highest BCUT2D eigenvalue weighted by Crippen LogP contribution is 2.34. The normalized spacial score (nSPS) is 21.4. The molecule has 2 saturated heterocycles. The van der Waals surface area contributed by atoms with Crippen molar-refractivity contribution in [1.82, 2.24) is 9.88 Å². The average Bonchev–Trinajstić information content (AvgIpc) is 3.34. The highest BCUT2D eigenvalue weighted by Gasteiger charge is 2.27. The van der Waals surface area contributed by atoms with Crippen molar-refractivity contribution in [3.63, 3.8) is 0 Å². The molecule has 0 N–H and O–H groups in total. The van der Waals surface area contributed by atoms with E-state index in [-0.39, 0.29) is 18.1 Å². The third-order valence-electron chi connectivity index (χ3n) is 4.77. The molecule has 2 aliphatic rings. The van der Waals surface area contributed by atoms with Crippen molar-refractivity contribution in [2.24, 2.45) is 0 Å². The van der Waals surface area contributed by atoms with Crippen LogP contribution in [0.15, 0.2) is 36.7 Å². The highest BCUT2D eigenvalue weighted by atomic mass is 32.1. The Hall–Kier alpha value is -1.92. The van der Waals surface area contributed by atoms with Crippen molar-refractivity contribution >= 4 is 17.2 Å². The van der Waals surface area contributed by atoms with Gasteiger partial charge in [0.25, 0.3) is 5.91 Å². The van der Waals surface area contributed by atoms with Crippen LogP contribution in [-0.2, 0) is 4.74 Å². The first-order valence-electron chi connectivity index (χ1n) is 8.87. The summed E-state index contributed by atoms with van der Waals surface area (Å²) in [6.45, 7) is 2.31. The van der Waals surface area contributed by atoms with Gasteiger partial charge in [-0.1, -0.05) is 0 Å². The van der Waals surface area contributed by atoms with Crippen molar-refractivity contribution in [2.75, 3.05) is 19.7 Å². The Labute approximate surface area is 151 Å². The maximum Gasteiger partial charge on any atom is 0.263 e. The molecule has 0 bridgehead atoms. The van der Waals surface area contributed by atoms with E-state index >= 15 is 0 Å². The monoisotopic (exact) mass is 358 g/mol. The molecule has 2 aromatic heterocycles. The molecule has 0 aliphatic carbocycles. The van der Waals surface area contributed by atoms with E-state index in [1.165, 1.54) is 4.88 Å². The van der Waals surface area contributed by atoms with Crippen LogP contribution in [0, 0.1) is 0 Å². The summed E-state index contributed by atoms with van der Waals surface area (Å²) in [5.74, 6) is 0.982. The number of likely N-dealkylation sites (tertiary alicyclic amines) is 1. The molecule has 0 radical (unpaired) electrons. The minimum absolute atomic E-state index is 0.136. The Balaban J connectivity index is 1.32. The first-order valence-corrected chi connectivity index (χ1v) is 9.68. The number of aromatic nitrogens is 1. The van der Waals surface area contributed by atoms with Crippen LogP contribution in [0.3, 0.4) is 0 Å². The molecule has 1 atom stereocenters. The van der Waals surface area contributed by atoms with Gasteiger partial charge in [-0.2, -0.15) is 0 Å². The average molecular weight is 358 g/mol. The number of pyridine rings is 1. The third kappa shape index (κ3) is 3.85. The van der Waals surface area contributed by atoms with Crippen LogP contribution in [0.1, 0.15) is 46.3 Å². The maximum absolute atomic E-state index is 12.7. The van der Waals surface area contributed by atoms with Crippen LogP contribution < -0.4 is 4.74 Å². The largest absolute Gasteiger partial charge is 0.490 e. The molecule has 0 aromatic carbocycles. The fourth-order valence-corrected chi connectivity index (χ4v) is 4.44. The fraction of sp³-hybridized carbons (Fsp3) is 0.474. The molecule has 2 aliphatic heterocycles. The topological polar surface area (TPSA) is 51.7 Å². The Morgan fingerprint density at radius 2 is 1.96 bits per heavy atom. The summed E-state index contributed by atoms with van der Waals surface area (Å²) in [7, 11) is 0. The van der Waals surface area contributed by atoms with Crippen LogP contribution >= 0.6 is 11.3 Å². The van der Waals surface area contributed by atoms with E-state index in [1.54, 1.807) is 23.7 Å². The van der Waals surface area contributed by atoms with Crippen molar-refractivity contribution < 1.29 is 14.3 Å². The van der Waals surface area contributed by atoms with Gasteiger partial charge in [-0.25, -0.2) is 0 Å². The van der Waals surface area contributed by atoms with Crippen LogP contribution in [0.5, 0.6) is 5.75 Å². The van der Waals surface area contributed by atoms with Gasteiger partial charge in [-0.3, -0.25) is 9.78 Å². The van der Waals surface area contributed by atoms with E-state index in [0.717, 1.165) is 56.0 Å². The number of hydrogen-bond donors (Lipinski definition) is 0. The second-order valence-corrected chi connectivity index (χ2v) is 7.61. The standard InChI is InChI=1S/C19H22N2O3S/c22-19(18-4-3-17(25-18)16-2-1-13-23-16)21-11-7-15(8-12-21)24-14-5-9-20-10-6-14/h3-6,9-10,15-16H,1-2,7-8,11-13H2/t16-/m0/s1. The zero-order chi connectivity index (χ0) is 17.1. The van der Waals surface area contributed by atoms with E-state index in [4.69, 9.17) is 9.47 Å². The molecular weight excluding hydrogens is 336 g/mol. The summed E-state index contributed by atoms with van der Waals surface area (Å²) in [6, 6.07) is 7.74. The molecule has 4 heterocycles. The first-order chi connectivity index (χ1) is 12.3. The van der Waals surface area contributed by atoms with Gasteiger partial charge in [0, 0.05) is 49.8 Å². The summed E-state index contributed by atoms with van der Waals surface area (Å²) in [6.07, 6.45) is 7.70. The van der Waals surface area contributed by atoms with Gasteiger partial charge in [-0.05, 0) is 37.1 Å². The molecule has 2 fully saturated rings. The van der Waals surface area contributed by atoms with Gasteiger partial charge < -0.3 is 14.4 Å². The zero-order valence-electron chi connectivity index (χ0n) is 14.1. The van der Waals surface area contributed by atoms with Crippen molar-refractivity contribution in [2.45, 2.75) is 37.9 Å². The van der Waals surface area contributed by atoms with E-state index < -0.39 is 0 Å². The van der Waals surface area contributed by atoms with Gasteiger partial charge >= 0.3 is 0 Å². The van der Waals surface area contributed by atoms with Crippen LogP contribution in [-0.4, -0.2) is 41.6 Å². The summed E-state index contributed by atoms with van der Waals surface area (Å²) in [4.78, 5) is 20.7. The third-order valence-corrected chi connectivity index (χ3v) is 5.93. The van der Waals surface area contributed by atoms with E-state index in [1.807, 2.05) is 29.2 Å². The van der Waals surface area contributed by atoms with Crippen LogP contribution in [0.2, 0.25) is 0 Å². The number of carbonyl (C=O) groups is 1. The quantitative estimate of drug-likeness (QED) is 0.837. The van der Waals surface area contributed by atoms with Gasteiger partial charge in [0.2, 0.25) is 0 Å². The number of thiophene rings is 1. The predicted octanol–water partition coefficient (Wildman–Crippen LogP) is 3.68. The summed E-state index contributed by atoms with van der Waals surface area (Å²) >= 11 is 1.58. The molecular formula is C19H22N2O3S. The van der Waals surface area contributed by atoms with Crippen molar-refractivity contribution in [1.29, 1.82) is 0 Å². The SMILES string of the molecule is O=C(c1ccc([C@@H]2CCCO2)s1)N1CCC(Oc2ccncc2)CC1. The Morgan fingerprint density at radius 3 is 2.68 bits per heavy atom. The molecule has 2 aromatic rings. The number of carbonyl (C=O) groups excluding carboxylic acids is 1. The number of amides is 1. The second-order valence-electron chi connectivity index (χ2n) is 6.50. The summed E-state index contributed by atoms with van der Waals surface area (Å²) < 4.78 is 11.7. The maximum atomic E-state index is 12.7. The molecule has 1 amide bonds. The van der Waals surface area contributed by atoms with Gasteiger partial charge in [0.05, 0.1) is 11.0 Å². The van der Waals surface area contributed by atoms with Gasteiger partial charge in [0.15, 0.2) is 0 Å². The number of hydrogen-bond acceptors (Lipinski definition) is 5. The van der Waals surface area contributed by atoms with E-state index in [0.29, 0.717) is 0 Å². The first kappa shape index (κ1) is 16.5. The Kier molecular flexibility index (Phi) is 4.99. The lowest BCUT2D eigenvalue weighted by Gasteiger charge is -2.32. The predicted molar refractivity (Wildman–Crippen MR) is 96.0 cm³/mol. The number of piperidine rings is 1. The second kappa shape index (κ2) is 7.54. The van der Waals surface area contributed by atoms with Gasteiger partial charge in [-0.15, -0.1) is 11.3 Å². The lowest BCUT2D eigenvalue weighted by atomic mass is 10.1. The fourth-order valence-electron chi connectivity index (χ4n) is 3.38. The Bertz CT molecular complexity index is 704. The Morgan fingerprint density at radius 1 is 1.16 bits per heavy atom. The van der Waals surface area contributed by atoms with Crippen LogP contribution in [0.25, 0.3) is 0 Å². The molecule has 0 spiro atoms. The highest BCUT2D eigenvalue weighted by molar-refractivity contribution is 7.14. The molecule has 4 rings (SSSR count). The number of nitrogens with zero attached hydrogens (tertiary/aromatic N) is 2. The lowest BCUT2D eigenvalue weighted by molar-refractivity contribution is 0.0600. The smallest absolute Gasteiger partial charge is 0.263 e. The molecule has 132 valence electrons. The van der Waals surface area contributed by atoms with Gasteiger partial charge in [0.1, 0.15) is 11.9 Å². The van der Waals surface area contributed by atoms with Crippen molar-refractivity contribution in [3.8, 4) is 5.75 Å². The summed E-state index contributed by atoms with van der Waals surface area (Å²) in [5.41, 5.74) is 0. The molecule has 25 heavy (non-hydrogen) atoms. The summed E-state index contributed by atoms with van der Waals surface area (Å²) in [5, 5.41) is 0. The van der Waals surface area contributed by atoms with E-state index in [9.17, 15) is 4.79 Å². The lowest BCUT2D eigenvalue weighted by Crippen LogP contribution is -2.41. The molecule has 5 nitrogen and oxygen atoms in total. The number of ether oxygens (including phenoxy) is 2. The molecule has 0 saturated carbocycles. The molecule has 6 heteroatoms. The van der Waals surface area contributed by atoms with E-state index in [2.05, 4.69) is 4.98 Å². The minimum atomic E-state index is 0.136. The van der Waals surface area contributed by atoms with Crippen molar-refractivity contribution in [3.05, 3.63) is 46.4 Å². The van der Waals surface area contributed by atoms with Crippen LogP contribution in [0.4, 0.5) is 0 Å². The molecule has 0 unspecified atom stereocenters.